The molecule has 1 saturated heterocycles. The fourth-order valence-electron chi connectivity index (χ4n) is 2.60. The van der Waals surface area contributed by atoms with Crippen LogP contribution < -0.4 is 0 Å². The lowest BCUT2D eigenvalue weighted by Gasteiger charge is -2.32. The predicted octanol–water partition coefficient (Wildman–Crippen LogP) is 1.72. The molecule has 0 aliphatic carbocycles. The van der Waals surface area contributed by atoms with Gasteiger partial charge in [-0.25, -0.2) is 13.1 Å². The minimum Gasteiger partial charge on any atom is -0.409 e. The van der Waals surface area contributed by atoms with Crippen molar-refractivity contribution in [1.29, 1.82) is 0 Å². The van der Waals surface area contributed by atoms with E-state index in [2.05, 4.69) is 10.00 Å². The van der Waals surface area contributed by atoms with Gasteiger partial charge in [-0.15, -0.1) is 5.10 Å². The second-order valence-electron chi connectivity index (χ2n) is 5.96. The van der Waals surface area contributed by atoms with Gasteiger partial charge in [-0.3, -0.25) is 4.90 Å². The fourth-order valence-corrected chi connectivity index (χ4v) is 3.60. The largest absolute Gasteiger partial charge is 0.409 e. The van der Waals surface area contributed by atoms with Crippen LogP contribution in [0.3, 0.4) is 0 Å². The Kier molecular flexibility index (Phi) is 4.86. The van der Waals surface area contributed by atoms with Crippen molar-refractivity contribution in [2.75, 3.05) is 32.4 Å². The SMILES string of the molecule is Cc1ccc(-c2nn(CN3CCN(S(C)(=O)=O)CC3)c(=S)o2)cc1. The Labute approximate surface area is 146 Å². The number of aryl methyl sites for hydroxylation is 1. The maximum absolute atomic E-state index is 11.5. The molecule has 0 saturated carbocycles. The van der Waals surface area contributed by atoms with Gasteiger partial charge in [0.05, 0.1) is 12.9 Å². The molecule has 0 spiro atoms. The van der Waals surface area contributed by atoms with Crippen LogP contribution >= 0.6 is 12.2 Å². The van der Waals surface area contributed by atoms with Crippen LogP contribution in [-0.4, -0.2) is 59.8 Å². The number of nitrogens with zero attached hydrogens (tertiary/aromatic N) is 4. The zero-order valence-corrected chi connectivity index (χ0v) is 15.3. The standard InChI is InChI=1S/C15H20N4O3S2/c1-12-3-5-13(6-4-12)14-16-19(15(23)22-14)11-17-7-9-18(10-8-17)24(2,20)21/h3-6H,7-11H2,1-2H3. The van der Waals surface area contributed by atoms with E-state index in [0.717, 1.165) is 5.56 Å². The van der Waals surface area contributed by atoms with Crippen molar-refractivity contribution in [2.45, 2.75) is 13.6 Å². The lowest BCUT2D eigenvalue weighted by atomic mass is 10.1. The van der Waals surface area contributed by atoms with Gasteiger partial charge < -0.3 is 4.42 Å². The van der Waals surface area contributed by atoms with E-state index in [1.54, 1.807) is 4.68 Å². The number of benzene rings is 1. The van der Waals surface area contributed by atoms with Gasteiger partial charge in [0.1, 0.15) is 0 Å². The van der Waals surface area contributed by atoms with Crippen LogP contribution in [0.2, 0.25) is 0 Å². The van der Waals surface area contributed by atoms with Crippen molar-refractivity contribution in [3.63, 3.8) is 0 Å². The van der Waals surface area contributed by atoms with Gasteiger partial charge in [0.25, 0.3) is 4.84 Å². The first-order valence-corrected chi connectivity index (χ1v) is 9.91. The van der Waals surface area contributed by atoms with Crippen molar-refractivity contribution in [2.24, 2.45) is 0 Å². The van der Waals surface area contributed by atoms with E-state index in [1.165, 1.54) is 16.1 Å². The van der Waals surface area contributed by atoms with E-state index < -0.39 is 10.0 Å². The molecule has 1 aliphatic heterocycles. The molecule has 2 heterocycles. The topological polar surface area (TPSA) is 71.6 Å². The number of piperazine rings is 1. The summed E-state index contributed by atoms with van der Waals surface area (Å²) >= 11 is 5.25. The van der Waals surface area contributed by atoms with E-state index in [-0.39, 0.29) is 0 Å². The van der Waals surface area contributed by atoms with Crippen LogP contribution in [0.4, 0.5) is 0 Å². The molecule has 0 amide bonds. The Morgan fingerprint density at radius 2 is 1.79 bits per heavy atom. The Balaban J connectivity index is 1.69. The van der Waals surface area contributed by atoms with Crippen molar-refractivity contribution in [3.05, 3.63) is 34.7 Å². The quantitative estimate of drug-likeness (QED) is 0.765. The number of sulfonamides is 1. The van der Waals surface area contributed by atoms with Gasteiger partial charge >= 0.3 is 0 Å². The summed E-state index contributed by atoms with van der Waals surface area (Å²) < 4.78 is 31.8. The molecule has 1 aromatic heterocycles. The van der Waals surface area contributed by atoms with Crippen LogP contribution in [0.25, 0.3) is 11.5 Å². The van der Waals surface area contributed by atoms with Crippen LogP contribution in [-0.2, 0) is 16.7 Å². The predicted molar refractivity (Wildman–Crippen MR) is 93.5 cm³/mol. The lowest BCUT2D eigenvalue weighted by Crippen LogP contribution is -2.48. The molecule has 0 N–H and O–H groups in total. The summed E-state index contributed by atoms with van der Waals surface area (Å²) in [6, 6.07) is 7.89. The van der Waals surface area contributed by atoms with Gasteiger partial charge in [0.15, 0.2) is 0 Å². The summed E-state index contributed by atoms with van der Waals surface area (Å²) in [5.41, 5.74) is 2.05. The van der Waals surface area contributed by atoms with Crippen LogP contribution in [0, 0.1) is 11.8 Å². The molecule has 0 radical (unpaired) electrons. The number of hydrogen-bond donors (Lipinski definition) is 0. The summed E-state index contributed by atoms with van der Waals surface area (Å²) in [7, 11) is -3.12. The number of rotatable bonds is 4. The van der Waals surface area contributed by atoms with Crippen molar-refractivity contribution < 1.29 is 12.8 Å². The number of aromatic nitrogens is 2. The van der Waals surface area contributed by atoms with Crippen LogP contribution in [0.5, 0.6) is 0 Å². The second kappa shape index (κ2) is 6.75. The zero-order chi connectivity index (χ0) is 17.3. The van der Waals surface area contributed by atoms with Crippen molar-refractivity contribution in [1.82, 2.24) is 19.0 Å². The molecule has 0 bridgehead atoms. The molecule has 9 heteroatoms. The minimum absolute atomic E-state index is 0.316. The van der Waals surface area contributed by atoms with Gasteiger partial charge in [-0.1, -0.05) is 17.7 Å². The molecular formula is C15H20N4O3S2. The van der Waals surface area contributed by atoms with E-state index >= 15 is 0 Å². The highest BCUT2D eigenvalue weighted by Crippen LogP contribution is 2.18. The lowest BCUT2D eigenvalue weighted by molar-refractivity contribution is 0.144. The Hall–Kier alpha value is -1.55. The van der Waals surface area contributed by atoms with Crippen LogP contribution in [0.15, 0.2) is 28.7 Å². The normalized spacial score (nSPS) is 17.2. The van der Waals surface area contributed by atoms with E-state index in [9.17, 15) is 8.42 Å². The van der Waals surface area contributed by atoms with E-state index in [0.29, 0.717) is 43.6 Å². The van der Waals surface area contributed by atoms with Gasteiger partial charge in [-0.05, 0) is 31.3 Å². The van der Waals surface area contributed by atoms with Gasteiger partial charge in [0, 0.05) is 31.7 Å². The van der Waals surface area contributed by atoms with E-state index in [4.69, 9.17) is 16.6 Å². The summed E-state index contributed by atoms with van der Waals surface area (Å²) in [4.78, 5) is 2.43. The monoisotopic (exact) mass is 368 g/mol. The molecular weight excluding hydrogens is 348 g/mol. The first-order chi connectivity index (χ1) is 11.3. The summed E-state index contributed by atoms with van der Waals surface area (Å²) in [5, 5.41) is 4.44. The molecule has 2 aromatic rings. The zero-order valence-electron chi connectivity index (χ0n) is 13.7. The Bertz CT molecular complexity index is 863. The summed E-state index contributed by atoms with van der Waals surface area (Å²) in [6.07, 6.45) is 1.24. The highest BCUT2D eigenvalue weighted by Gasteiger charge is 2.24. The summed E-state index contributed by atoms with van der Waals surface area (Å²) in [6.45, 7) is 4.76. The molecule has 0 atom stereocenters. The molecule has 1 fully saturated rings. The molecule has 130 valence electrons. The Morgan fingerprint density at radius 1 is 1.17 bits per heavy atom. The molecule has 7 nitrogen and oxygen atoms in total. The van der Waals surface area contributed by atoms with Gasteiger partial charge in [-0.2, -0.15) is 4.31 Å². The third-order valence-electron chi connectivity index (χ3n) is 4.04. The average molecular weight is 368 g/mol. The van der Waals surface area contributed by atoms with Crippen molar-refractivity contribution in [3.8, 4) is 11.5 Å². The minimum atomic E-state index is -3.12. The average Bonchev–Trinajstić information content (AvgIpc) is 2.89. The maximum atomic E-state index is 11.5. The maximum Gasteiger partial charge on any atom is 0.288 e. The fraction of sp³-hybridized carbons (Fsp3) is 0.467. The second-order valence-corrected chi connectivity index (χ2v) is 8.29. The summed E-state index contributed by atoms with van der Waals surface area (Å²) in [5.74, 6) is 0.495. The van der Waals surface area contributed by atoms with Crippen molar-refractivity contribution >= 4 is 22.2 Å². The first kappa shape index (κ1) is 17.3. The van der Waals surface area contributed by atoms with Gasteiger partial charge in [0.2, 0.25) is 15.9 Å². The third kappa shape index (κ3) is 3.92. The highest BCUT2D eigenvalue weighted by molar-refractivity contribution is 7.88. The molecule has 3 rings (SSSR count). The third-order valence-corrected chi connectivity index (χ3v) is 5.64. The first-order valence-electron chi connectivity index (χ1n) is 7.65. The smallest absolute Gasteiger partial charge is 0.288 e. The molecule has 1 aliphatic rings. The highest BCUT2D eigenvalue weighted by atomic mass is 32.2. The van der Waals surface area contributed by atoms with E-state index in [1.807, 2.05) is 31.2 Å². The Morgan fingerprint density at radius 3 is 2.38 bits per heavy atom. The number of hydrogen-bond acceptors (Lipinski definition) is 6. The molecule has 24 heavy (non-hydrogen) atoms. The molecule has 0 unspecified atom stereocenters. The van der Waals surface area contributed by atoms with Crippen LogP contribution in [0.1, 0.15) is 5.56 Å². The molecule has 1 aromatic carbocycles.